The number of benzene rings is 1. The number of allylic oxidation sites excluding steroid dienone is 3. The molecule has 0 N–H and O–H groups in total. The summed E-state index contributed by atoms with van der Waals surface area (Å²) >= 11 is 0. The molecule has 0 saturated carbocycles. The van der Waals surface area contributed by atoms with Crippen molar-refractivity contribution in [1.82, 2.24) is 0 Å². The fourth-order valence-corrected chi connectivity index (χ4v) is 2.39. The minimum Gasteiger partial charge on any atom is -0.103 e. The van der Waals surface area contributed by atoms with E-state index in [1.165, 1.54) is 27.8 Å². The molecule has 0 aromatic heterocycles. The van der Waals surface area contributed by atoms with Crippen molar-refractivity contribution in [3.63, 3.8) is 0 Å². The Morgan fingerprint density at radius 2 is 2.00 bits per heavy atom. The molecule has 15 heavy (non-hydrogen) atoms. The molecule has 1 aromatic rings. The SMILES string of the molecule is C=CCCC1=CCc2c(C)ccc(C)c21. The van der Waals surface area contributed by atoms with E-state index in [2.05, 4.69) is 38.6 Å². The van der Waals surface area contributed by atoms with Crippen molar-refractivity contribution in [3.05, 3.63) is 53.1 Å². The van der Waals surface area contributed by atoms with Crippen LogP contribution in [-0.2, 0) is 6.42 Å². The predicted molar refractivity (Wildman–Crippen MR) is 67.0 cm³/mol. The van der Waals surface area contributed by atoms with E-state index in [4.69, 9.17) is 0 Å². The maximum Gasteiger partial charge on any atom is -0.00826 e. The van der Waals surface area contributed by atoms with Crippen LogP contribution in [0.5, 0.6) is 0 Å². The number of hydrogen-bond donors (Lipinski definition) is 0. The molecule has 1 aliphatic carbocycles. The minimum absolute atomic E-state index is 1.08. The third-order valence-corrected chi connectivity index (χ3v) is 3.25. The lowest BCUT2D eigenvalue weighted by Crippen LogP contribution is -1.93. The highest BCUT2D eigenvalue weighted by molar-refractivity contribution is 5.76. The van der Waals surface area contributed by atoms with E-state index in [-0.39, 0.29) is 0 Å². The first-order chi connectivity index (χ1) is 7.24. The Morgan fingerprint density at radius 3 is 2.73 bits per heavy atom. The van der Waals surface area contributed by atoms with E-state index in [1.54, 1.807) is 0 Å². The summed E-state index contributed by atoms with van der Waals surface area (Å²) in [5, 5.41) is 0. The van der Waals surface area contributed by atoms with Crippen LogP contribution in [0, 0.1) is 13.8 Å². The highest BCUT2D eigenvalue weighted by atomic mass is 14.2. The van der Waals surface area contributed by atoms with Crippen LogP contribution in [-0.4, -0.2) is 0 Å². The molecule has 78 valence electrons. The first-order valence-corrected chi connectivity index (χ1v) is 5.63. The summed E-state index contributed by atoms with van der Waals surface area (Å²) in [5.41, 5.74) is 7.42. The van der Waals surface area contributed by atoms with E-state index in [0.717, 1.165) is 19.3 Å². The monoisotopic (exact) mass is 198 g/mol. The third-order valence-electron chi connectivity index (χ3n) is 3.25. The van der Waals surface area contributed by atoms with Gasteiger partial charge in [0.2, 0.25) is 0 Å². The van der Waals surface area contributed by atoms with Crippen molar-refractivity contribution < 1.29 is 0 Å². The number of aryl methyl sites for hydroxylation is 2. The Hall–Kier alpha value is -1.30. The standard InChI is InChI=1S/C15H18/c1-4-5-6-13-9-10-14-11(2)7-8-12(3)15(13)14/h4,7-9H,1,5-6,10H2,2-3H3. The smallest absolute Gasteiger partial charge is 0.00826 e. The number of hydrogen-bond acceptors (Lipinski definition) is 0. The van der Waals surface area contributed by atoms with Gasteiger partial charge in [0.25, 0.3) is 0 Å². The van der Waals surface area contributed by atoms with Crippen molar-refractivity contribution in [2.24, 2.45) is 0 Å². The van der Waals surface area contributed by atoms with Crippen LogP contribution in [0.3, 0.4) is 0 Å². The normalized spacial score (nSPS) is 13.6. The summed E-state index contributed by atoms with van der Waals surface area (Å²) in [5.74, 6) is 0. The molecular formula is C15H18. The molecule has 0 spiro atoms. The second-order valence-corrected chi connectivity index (χ2v) is 4.31. The van der Waals surface area contributed by atoms with Crippen LogP contribution in [0.25, 0.3) is 5.57 Å². The van der Waals surface area contributed by atoms with Gasteiger partial charge in [-0.2, -0.15) is 0 Å². The molecule has 0 fully saturated rings. The molecule has 0 heteroatoms. The molecular weight excluding hydrogens is 180 g/mol. The van der Waals surface area contributed by atoms with Gasteiger partial charge in [0, 0.05) is 0 Å². The molecule has 0 saturated heterocycles. The minimum atomic E-state index is 1.08. The lowest BCUT2D eigenvalue weighted by Gasteiger charge is -2.10. The van der Waals surface area contributed by atoms with Crippen LogP contribution < -0.4 is 0 Å². The lowest BCUT2D eigenvalue weighted by atomic mass is 9.94. The van der Waals surface area contributed by atoms with Gasteiger partial charge in [-0.05, 0) is 60.9 Å². The van der Waals surface area contributed by atoms with Gasteiger partial charge in [-0.25, -0.2) is 0 Å². The van der Waals surface area contributed by atoms with E-state index < -0.39 is 0 Å². The van der Waals surface area contributed by atoms with Crippen molar-refractivity contribution in [1.29, 1.82) is 0 Å². The molecule has 1 aromatic carbocycles. The molecule has 0 aliphatic heterocycles. The average molecular weight is 198 g/mol. The quantitative estimate of drug-likeness (QED) is 0.638. The average Bonchev–Trinajstić information content (AvgIpc) is 2.65. The molecule has 0 radical (unpaired) electrons. The van der Waals surface area contributed by atoms with Gasteiger partial charge < -0.3 is 0 Å². The van der Waals surface area contributed by atoms with Gasteiger partial charge in [0.1, 0.15) is 0 Å². The van der Waals surface area contributed by atoms with Crippen LogP contribution >= 0.6 is 0 Å². The molecule has 0 amide bonds. The Labute approximate surface area is 92.3 Å². The highest BCUT2D eigenvalue weighted by Crippen LogP contribution is 2.34. The van der Waals surface area contributed by atoms with Crippen molar-refractivity contribution >= 4 is 5.57 Å². The van der Waals surface area contributed by atoms with Crippen molar-refractivity contribution in [2.45, 2.75) is 33.1 Å². The maximum atomic E-state index is 3.79. The van der Waals surface area contributed by atoms with Gasteiger partial charge in [-0.1, -0.05) is 24.3 Å². The summed E-state index contributed by atoms with van der Waals surface area (Å²) in [4.78, 5) is 0. The van der Waals surface area contributed by atoms with Gasteiger partial charge in [0.15, 0.2) is 0 Å². The molecule has 0 unspecified atom stereocenters. The Kier molecular flexibility index (Phi) is 2.77. The summed E-state index contributed by atoms with van der Waals surface area (Å²) in [7, 11) is 0. The second-order valence-electron chi connectivity index (χ2n) is 4.31. The van der Waals surface area contributed by atoms with Crippen molar-refractivity contribution in [2.75, 3.05) is 0 Å². The Bertz CT molecular complexity index is 422. The van der Waals surface area contributed by atoms with E-state index >= 15 is 0 Å². The molecule has 1 aliphatic rings. The first kappa shape index (κ1) is 10.2. The molecule has 0 nitrogen and oxygen atoms in total. The van der Waals surface area contributed by atoms with E-state index in [1.807, 2.05) is 6.08 Å². The third kappa shape index (κ3) is 1.77. The topological polar surface area (TPSA) is 0 Å². The Morgan fingerprint density at radius 1 is 1.27 bits per heavy atom. The first-order valence-electron chi connectivity index (χ1n) is 5.63. The van der Waals surface area contributed by atoms with E-state index in [9.17, 15) is 0 Å². The van der Waals surface area contributed by atoms with Crippen LogP contribution in [0.4, 0.5) is 0 Å². The molecule has 0 heterocycles. The van der Waals surface area contributed by atoms with Gasteiger partial charge in [-0.15, -0.1) is 6.58 Å². The van der Waals surface area contributed by atoms with Gasteiger partial charge in [0.05, 0.1) is 0 Å². The zero-order valence-corrected chi connectivity index (χ0v) is 9.64. The lowest BCUT2D eigenvalue weighted by molar-refractivity contribution is 1.07. The summed E-state index contributed by atoms with van der Waals surface area (Å²) in [6, 6.07) is 4.47. The van der Waals surface area contributed by atoms with Crippen LogP contribution in [0.2, 0.25) is 0 Å². The van der Waals surface area contributed by atoms with Gasteiger partial charge in [-0.3, -0.25) is 0 Å². The molecule has 2 rings (SSSR count). The highest BCUT2D eigenvalue weighted by Gasteiger charge is 2.16. The largest absolute Gasteiger partial charge is 0.103 e. The fourth-order valence-electron chi connectivity index (χ4n) is 2.39. The van der Waals surface area contributed by atoms with Gasteiger partial charge >= 0.3 is 0 Å². The summed E-state index contributed by atoms with van der Waals surface area (Å²) in [6.07, 6.45) is 7.73. The van der Waals surface area contributed by atoms with Crippen LogP contribution in [0.15, 0.2) is 30.9 Å². The van der Waals surface area contributed by atoms with Crippen LogP contribution in [0.1, 0.15) is 35.1 Å². The summed E-state index contributed by atoms with van der Waals surface area (Å²) in [6.45, 7) is 8.21. The Balaban J connectivity index is 2.38. The summed E-state index contributed by atoms with van der Waals surface area (Å²) < 4.78 is 0. The van der Waals surface area contributed by atoms with E-state index in [0.29, 0.717) is 0 Å². The zero-order valence-electron chi connectivity index (χ0n) is 9.64. The second kappa shape index (κ2) is 4.06. The maximum absolute atomic E-state index is 3.79. The van der Waals surface area contributed by atoms with Crippen molar-refractivity contribution in [3.8, 4) is 0 Å². The zero-order chi connectivity index (χ0) is 10.8. The number of rotatable bonds is 3. The molecule has 0 bridgehead atoms. The molecule has 0 atom stereocenters. The predicted octanol–water partition coefficient (Wildman–Crippen LogP) is 4.21. The fraction of sp³-hybridized carbons (Fsp3) is 0.333. The number of fused-ring (bicyclic) bond motifs is 1.